The van der Waals surface area contributed by atoms with Crippen molar-refractivity contribution in [2.45, 2.75) is 46.2 Å². The molecule has 0 saturated heterocycles. The molecule has 1 aliphatic rings. The van der Waals surface area contributed by atoms with Crippen LogP contribution in [0, 0.1) is 12.3 Å². The lowest BCUT2D eigenvalue weighted by Crippen LogP contribution is -2.32. The van der Waals surface area contributed by atoms with E-state index in [9.17, 15) is 0 Å². The van der Waals surface area contributed by atoms with Gasteiger partial charge in [-0.05, 0) is 30.9 Å². The van der Waals surface area contributed by atoms with Crippen LogP contribution in [0.2, 0.25) is 5.02 Å². The third-order valence-corrected chi connectivity index (χ3v) is 5.16. The summed E-state index contributed by atoms with van der Waals surface area (Å²) < 4.78 is 5.87. The Morgan fingerprint density at radius 3 is 2.95 bits per heavy atom. The molecule has 1 unspecified atom stereocenters. The Labute approximate surface area is 129 Å². The van der Waals surface area contributed by atoms with Gasteiger partial charge in [0.05, 0.1) is 5.02 Å². The van der Waals surface area contributed by atoms with E-state index in [1.165, 1.54) is 10.4 Å². The zero-order valence-corrected chi connectivity index (χ0v) is 13.7. The molecule has 2 nitrogen and oxygen atoms in total. The molecule has 0 radical (unpaired) electrons. The lowest BCUT2D eigenvalue weighted by Gasteiger charge is -2.34. The van der Waals surface area contributed by atoms with Crippen molar-refractivity contribution >= 4 is 22.9 Å². The lowest BCUT2D eigenvalue weighted by molar-refractivity contribution is 0.234. The van der Waals surface area contributed by atoms with E-state index in [1.54, 1.807) is 11.3 Å². The first-order chi connectivity index (χ1) is 9.43. The number of thiophene rings is 1. The Kier molecular flexibility index (Phi) is 3.69. The highest BCUT2D eigenvalue weighted by Crippen LogP contribution is 2.42. The SMILES string of the molecule is Cc1cc2c(o1)CC(C)(C)CC2NCc1cc(Cl)cs1. The molecule has 2 aromatic rings. The van der Waals surface area contributed by atoms with E-state index in [0.717, 1.165) is 35.9 Å². The van der Waals surface area contributed by atoms with Gasteiger partial charge in [-0.25, -0.2) is 0 Å². The molecule has 4 heteroatoms. The molecule has 3 rings (SSSR count). The first-order valence-corrected chi connectivity index (χ1v) is 8.24. The molecule has 1 atom stereocenters. The Hall–Kier alpha value is -0.770. The minimum absolute atomic E-state index is 0.280. The van der Waals surface area contributed by atoms with Gasteiger partial charge in [-0.15, -0.1) is 11.3 Å². The number of rotatable bonds is 3. The van der Waals surface area contributed by atoms with Crippen molar-refractivity contribution in [2.24, 2.45) is 5.41 Å². The number of nitrogens with one attached hydrogen (secondary N) is 1. The van der Waals surface area contributed by atoms with Crippen LogP contribution in [0.1, 0.15) is 48.3 Å². The Bertz CT molecular complexity index is 614. The molecular formula is C16H20ClNOS. The van der Waals surface area contributed by atoms with Crippen molar-refractivity contribution in [1.82, 2.24) is 5.32 Å². The van der Waals surface area contributed by atoms with Crippen LogP contribution in [-0.4, -0.2) is 0 Å². The molecule has 1 N–H and O–H groups in total. The van der Waals surface area contributed by atoms with Crippen LogP contribution < -0.4 is 5.32 Å². The highest BCUT2D eigenvalue weighted by Gasteiger charge is 2.34. The molecule has 0 amide bonds. The molecule has 0 aliphatic heterocycles. The lowest BCUT2D eigenvalue weighted by atomic mass is 9.75. The second-order valence-electron chi connectivity index (χ2n) is 6.45. The average Bonchev–Trinajstić information content (AvgIpc) is 2.90. The van der Waals surface area contributed by atoms with E-state index < -0.39 is 0 Å². The van der Waals surface area contributed by atoms with Gasteiger partial charge in [0.2, 0.25) is 0 Å². The van der Waals surface area contributed by atoms with Gasteiger partial charge in [0, 0.05) is 34.8 Å². The van der Waals surface area contributed by atoms with Crippen LogP contribution in [0.4, 0.5) is 0 Å². The van der Waals surface area contributed by atoms with Crippen molar-refractivity contribution in [1.29, 1.82) is 0 Å². The van der Waals surface area contributed by atoms with Crippen LogP contribution in [0.15, 0.2) is 21.9 Å². The van der Waals surface area contributed by atoms with E-state index in [1.807, 2.05) is 18.4 Å². The largest absolute Gasteiger partial charge is 0.466 e. The molecule has 0 fully saturated rings. The second kappa shape index (κ2) is 5.21. The molecule has 1 aliphatic carbocycles. The van der Waals surface area contributed by atoms with Crippen molar-refractivity contribution in [3.05, 3.63) is 44.5 Å². The minimum Gasteiger partial charge on any atom is -0.466 e. The number of fused-ring (bicyclic) bond motifs is 1. The third kappa shape index (κ3) is 2.95. The van der Waals surface area contributed by atoms with Crippen molar-refractivity contribution in [3.63, 3.8) is 0 Å². The van der Waals surface area contributed by atoms with Gasteiger partial charge >= 0.3 is 0 Å². The highest BCUT2D eigenvalue weighted by atomic mass is 35.5. The number of hydrogen-bond donors (Lipinski definition) is 1. The summed E-state index contributed by atoms with van der Waals surface area (Å²) in [6.45, 7) is 7.51. The van der Waals surface area contributed by atoms with Crippen molar-refractivity contribution < 1.29 is 4.42 Å². The number of aryl methyl sites for hydroxylation is 1. The standard InChI is InChI=1S/C16H20ClNOS/c1-10-4-13-14(6-16(2,3)7-15(13)19-10)18-8-12-5-11(17)9-20-12/h4-5,9,14,18H,6-8H2,1-3H3. The van der Waals surface area contributed by atoms with Crippen molar-refractivity contribution in [3.8, 4) is 0 Å². The molecule has 2 aromatic heterocycles. The fourth-order valence-corrected chi connectivity index (χ4v) is 4.06. The van der Waals surface area contributed by atoms with Gasteiger partial charge < -0.3 is 9.73 Å². The molecule has 0 aromatic carbocycles. The Morgan fingerprint density at radius 2 is 2.25 bits per heavy atom. The van der Waals surface area contributed by atoms with Gasteiger partial charge in [-0.2, -0.15) is 0 Å². The summed E-state index contributed by atoms with van der Waals surface area (Å²) in [6.07, 6.45) is 2.16. The number of halogens is 1. The number of furan rings is 1. The van der Waals surface area contributed by atoms with Crippen LogP contribution >= 0.6 is 22.9 Å². The first kappa shape index (κ1) is 14.2. The normalized spacial score (nSPS) is 20.9. The maximum Gasteiger partial charge on any atom is 0.109 e. The molecule has 0 spiro atoms. The van der Waals surface area contributed by atoms with E-state index >= 15 is 0 Å². The maximum absolute atomic E-state index is 5.98. The van der Waals surface area contributed by atoms with E-state index in [0.29, 0.717) is 6.04 Å². The summed E-state index contributed by atoms with van der Waals surface area (Å²) in [5, 5.41) is 6.48. The molecular weight excluding hydrogens is 290 g/mol. The fraction of sp³-hybridized carbons (Fsp3) is 0.500. The van der Waals surface area contributed by atoms with Crippen molar-refractivity contribution in [2.75, 3.05) is 0 Å². The quantitative estimate of drug-likeness (QED) is 0.852. The van der Waals surface area contributed by atoms with Crippen LogP contribution in [0.25, 0.3) is 0 Å². The molecule has 20 heavy (non-hydrogen) atoms. The first-order valence-electron chi connectivity index (χ1n) is 6.98. The molecule has 2 heterocycles. The average molecular weight is 310 g/mol. The van der Waals surface area contributed by atoms with Gasteiger partial charge in [-0.1, -0.05) is 25.4 Å². The predicted octanol–water partition coefficient (Wildman–Crippen LogP) is 5.11. The summed E-state index contributed by atoms with van der Waals surface area (Å²) in [5.41, 5.74) is 1.62. The zero-order chi connectivity index (χ0) is 14.3. The summed E-state index contributed by atoms with van der Waals surface area (Å²) in [6, 6.07) is 4.59. The van der Waals surface area contributed by atoms with Gasteiger partial charge in [0.1, 0.15) is 11.5 Å². The zero-order valence-electron chi connectivity index (χ0n) is 12.1. The second-order valence-corrected chi connectivity index (χ2v) is 7.88. The van der Waals surface area contributed by atoms with Crippen LogP contribution in [-0.2, 0) is 13.0 Å². The fourth-order valence-electron chi connectivity index (χ4n) is 3.04. The maximum atomic E-state index is 5.98. The highest BCUT2D eigenvalue weighted by molar-refractivity contribution is 7.10. The van der Waals surface area contributed by atoms with E-state index in [-0.39, 0.29) is 5.41 Å². The predicted molar refractivity (Wildman–Crippen MR) is 84.5 cm³/mol. The smallest absolute Gasteiger partial charge is 0.109 e. The van der Waals surface area contributed by atoms with E-state index in [4.69, 9.17) is 16.0 Å². The van der Waals surface area contributed by atoms with Gasteiger partial charge in [0.25, 0.3) is 0 Å². The third-order valence-electron chi connectivity index (χ3n) is 3.88. The monoisotopic (exact) mass is 309 g/mol. The summed E-state index contributed by atoms with van der Waals surface area (Å²) in [5.74, 6) is 2.17. The molecule has 0 bridgehead atoms. The minimum atomic E-state index is 0.280. The molecule has 0 saturated carbocycles. The summed E-state index contributed by atoms with van der Waals surface area (Å²) in [4.78, 5) is 1.28. The summed E-state index contributed by atoms with van der Waals surface area (Å²) >= 11 is 7.69. The Balaban J connectivity index is 1.78. The Morgan fingerprint density at radius 1 is 1.45 bits per heavy atom. The number of hydrogen-bond acceptors (Lipinski definition) is 3. The topological polar surface area (TPSA) is 25.2 Å². The summed E-state index contributed by atoms with van der Waals surface area (Å²) in [7, 11) is 0. The van der Waals surface area contributed by atoms with Crippen LogP contribution in [0.5, 0.6) is 0 Å². The van der Waals surface area contributed by atoms with Gasteiger partial charge in [0.15, 0.2) is 0 Å². The van der Waals surface area contributed by atoms with E-state index in [2.05, 4.69) is 25.2 Å². The molecule has 108 valence electrons. The van der Waals surface area contributed by atoms with Crippen LogP contribution in [0.3, 0.4) is 0 Å². The van der Waals surface area contributed by atoms with Gasteiger partial charge in [-0.3, -0.25) is 0 Å².